The summed E-state index contributed by atoms with van der Waals surface area (Å²) in [5.74, 6) is -2.24. The second-order valence-corrected chi connectivity index (χ2v) is 6.53. The summed E-state index contributed by atoms with van der Waals surface area (Å²) in [6.45, 7) is 0. The average molecular weight is 386 g/mol. The van der Waals surface area contributed by atoms with Gasteiger partial charge in [-0.05, 0) is 22.8 Å². The van der Waals surface area contributed by atoms with Gasteiger partial charge in [-0.2, -0.15) is 5.26 Å². The predicted octanol–water partition coefficient (Wildman–Crippen LogP) is 3.96. The van der Waals surface area contributed by atoms with Crippen LogP contribution in [0.5, 0.6) is 5.75 Å². The molecule has 3 aromatic rings. The highest BCUT2D eigenvalue weighted by molar-refractivity contribution is 5.98. The largest absolute Gasteiger partial charge is 0.504 e. The molecule has 1 aromatic heterocycles. The second kappa shape index (κ2) is 8.81. The number of benzene rings is 2. The van der Waals surface area contributed by atoms with Gasteiger partial charge >= 0.3 is 5.97 Å². The molecule has 0 saturated heterocycles. The number of pyridine rings is 1. The van der Waals surface area contributed by atoms with Gasteiger partial charge in [0.15, 0.2) is 11.5 Å². The normalized spacial score (nSPS) is 10.3. The Morgan fingerprint density at radius 1 is 0.966 bits per heavy atom. The fourth-order valence-corrected chi connectivity index (χ4v) is 3.00. The summed E-state index contributed by atoms with van der Waals surface area (Å²) in [7, 11) is 0. The van der Waals surface area contributed by atoms with Gasteiger partial charge in [0.25, 0.3) is 0 Å². The van der Waals surface area contributed by atoms with E-state index in [2.05, 4.69) is 4.98 Å². The number of aromatic hydroxyl groups is 1. The average Bonchev–Trinajstić information content (AvgIpc) is 2.74. The van der Waals surface area contributed by atoms with Gasteiger partial charge < -0.3 is 10.2 Å². The van der Waals surface area contributed by atoms with Gasteiger partial charge in [0.2, 0.25) is 0 Å². The van der Waals surface area contributed by atoms with Crippen LogP contribution in [0, 0.1) is 11.3 Å². The first-order chi connectivity index (χ1) is 14.0. The molecule has 0 radical (unpaired) electrons. The zero-order chi connectivity index (χ0) is 20.8. The molecule has 1 heterocycles. The van der Waals surface area contributed by atoms with Crippen molar-refractivity contribution in [3.63, 3.8) is 0 Å². The minimum atomic E-state index is -1.12. The van der Waals surface area contributed by atoms with Gasteiger partial charge in [-0.1, -0.05) is 54.6 Å². The number of carboxylic acids is 1. The Bertz CT molecular complexity index is 1100. The lowest BCUT2D eigenvalue weighted by Crippen LogP contribution is -2.09. The van der Waals surface area contributed by atoms with E-state index in [0.29, 0.717) is 12.1 Å². The second-order valence-electron chi connectivity index (χ2n) is 6.53. The van der Waals surface area contributed by atoms with E-state index in [0.717, 1.165) is 16.7 Å². The van der Waals surface area contributed by atoms with Crippen molar-refractivity contribution in [2.45, 2.75) is 19.3 Å². The molecule has 6 heteroatoms. The van der Waals surface area contributed by atoms with Gasteiger partial charge in [0.05, 0.1) is 12.0 Å². The molecule has 0 atom stereocenters. The molecular weight excluding hydrogens is 368 g/mol. The van der Waals surface area contributed by atoms with Crippen molar-refractivity contribution in [2.75, 3.05) is 0 Å². The van der Waals surface area contributed by atoms with Crippen molar-refractivity contribution in [1.82, 2.24) is 4.98 Å². The minimum Gasteiger partial charge on any atom is -0.504 e. The summed E-state index contributed by atoms with van der Waals surface area (Å²) in [5, 5.41) is 28.2. The van der Waals surface area contributed by atoms with Crippen LogP contribution in [0.4, 0.5) is 0 Å². The molecule has 0 bridgehead atoms. The molecule has 2 N–H and O–H groups in total. The Morgan fingerprint density at radius 3 is 2.38 bits per heavy atom. The van der Waals surface area contributed by atoms with Crippen LogP contribution in [0.1, 0.15) is 40.2 Å². The first kappa shape index (κ1) is 19.8. The molecule has 29 heavy (non-hydrogen) atoms. The van der Waals surface area contributed by atoms with E-state index in [4.69, 9.17) is 5.11 Å². The van der Waals surface area contributed by atoms with Crippen molar-refractivity contribution in [2.24, 2.45) is 0 Å². The molecule has 6 nitrogen and oxygen atoms in total. The van der Waals surface area contributed by atoms with E-state index in [1.165, 1.54) is 6.07 Å². The summed E-state index contributed by atoms with van der Waals surface area (Å²) in [5.41, 5.74) is 3.14. The fourth-order valence-electron chi connectivity index (χ4n) is 3.00. The fraction of sp³-hybridized carbons (Fsp3) is 0.130. The summed E-state index contributed by atoms with van der Waals surface area (Å²) in [6, 6.07) is 21.0. The highest BCUT2D eigenvalue weighted by Crippen LogP contribution is 2.26. The van der Waals surface area contributed by atoms with Gasteiger partial charge in [-0.25, -0.2) is 4.98 Å². The van der Waals surface area contributed by atoms with Crippen LogP contribution >= 0.6 is 0 Å². The van der Waals surface area contributed by atoms with Crippen molar-refractivity contribution in [3.8, 4) is 22.9 Å². The first-order valence-electron chi connectivity index (χ1n) is 9.00. The van der Waals surface area contributed by atoms with Crippen LogP contribution in [0.2, 0.25) is 0 Å². The number of nitrogens with zero attached hydrogens (tertiary/aromatic N) is 2. The molecule has 0 aliphatic heterocycles. The van der Waals surface area contributed by atoms with E-state index in [-0.39, 0.29) is 24.1 Å². The number of carbonyl (C=O) groups is 2. The number of ketones is 1. The highest BCUT2D eigenvalue weighted by Gasteiger charge is 2.19. The molecule has 144 valence electrons. The molecule has 0 aliphatic carbocycles. The topological polar surface area (TPSA) is 111 Å². The van der Waals surface area contributed by atoms with Crippen LogP contribution < -0.4 is 0 Å². The molecule has 0 fully saturated rings. The monoisotopic (exact) mass is 386 g/mol. The van der Waals surface area contributed by atoms with Crippen LogP contribution in [0.3, 0.4) is 0 Å². The summed E-state index contributed by atoms with van der Waals surface area (Å²) in [6.07, 6.45) is -0.312. The van der Waals surface area contributed by atoms with E-state index in [1.807, 2.05) is 60.7 Å². The molecule has 0 aliphatic rings. The van der Waals surface area contributed by atoms with Crippen LogP contribution in [-0.2, 0) is 11.2 Å². The van der Waals surface area contributed by atoms with Gasteiger partial charge in [-0.15, -0.1) is 0 Å². The molecule has 0 unspecified atom stereocenters. The molecule has 0 amide bonds. The number of rotatable bonds is 7. The number of aromatic nitrogens is 1. The van der Waals surface area contributed by atoms with Crippen molar-refractivity contribution >= 4 is 11.8 Å². The maximum absolute atomic E-state index is 12.3. The number of carbonyl (C=O) groups excluding carboxylic acids is 1. The predicted molar refractivity (Wildman–Crippen MR) is 107 cm³/mol. The van der Waals surface area contributed by atoms with Crippen LogP contribution in [-0.4, -0.2) is 26.9 Å². The molecule has 3 rings (SSSR count). The summed E-state index contributed by atoms with van der Waals surface area (Å²) >= 11 is 0. The maximum Gasteiger partial charge on any atom is 0.303 e. The number of carboxylic acid groups (broad SMARTS) is 1. The summed E-state index contributed by atoms with van der Waals surface area (Å²) < 4.78 is 0. The standard InChI is InChI=1S/C23H18N2O4/c24-14-18-13-19(25-22(23(18)29)20(26)9-10-21(27)28)12-15-5-4-8-17(11-15)16-6-2-1-3-7-16/h1-8,11,13,29H,9-10,12H2,(H,27,28). The third-order valence-electron chi connectivity index (χ3n) is 4.42. The number of aliphatic carboxylic acids is 1. The lowest BCUT2D eigenvalue weighted by atomic mass is 10.00. The Balaban J connectivity index is 1.91. The van der Waals surface area contributed by atoms with Gasteiger partial charge in [0.1, 0.15) is 11.8 Å². The minimum absolute atomic E-state index is 0.0621. The van der Waals surface area contributed by atoms with E-state index in [9.17, 15) is 20.0 Å². The summed E-state index contributed by atoms with van der Waals surface area (Å²) in [4.78, 5) is 27.2. The van der Waals surface area contributed by atoms with Crippen molar-refractivity contribution in [3.05, 3.63) is 83.2 Å². The third-order valence-corrected chi connectivity index (χ3v) is 4.42. The lowest BCUT2D eigenvalue weighted by molar-refractivity contribution is -0.136. The van der Waals surface area contributed by atoms with Crippen LogP contribution in [0.15, 0.2) is 60.7 Å². The number of hydrogen-bond donors (Lipinski definition) is 2. The maximum atomic E-state index is 12.3. The SMILES string of the molecule is N#Cc1cc(Cc2cccc(-c3ccccc3)c2)nc(C(=O)CCC(=O)O)c1O. The van der Waals surface area contributed by atoms with Crippen LogP contribution in [0.25, 0.3) is 11.1 Å². The Morgan fingerprint density at radius 2 is 1.69 bits per heavy atom. The first-order valence-corrected chi connectivity index (χ1v) is 9.00. The Labute approximate surface area is 167 Å². The van der Waals surface area contributed by atoms with E-state index >= 15 is 0 Å². The molecule has 0 saturated carbocycles. The smallest absolute Gasteiger partial charge is 0.303 e. The Kier molecular flexibility index (Phi) is 6.00. The molecular formula is C23H18N2O4. The van der Waals surface area contributed by atoms with Gasteiger partial charge in [-0.3, -0.25) is 9.59 Å². The van der Waals surface area contributed by atoms with E-state index in [1.54, 1.807) is 0 Å². The quantitative estimate of drug-likeness (QED) is 0.595. The number of nitriles is 1. The number of hydrogen-bond acceptors (Lipinski definition) is 5. The molecule has 0 spiro atoms. The van der Waals surface area contributed by atoms with Crippen molar-refractivity contribution < 1.29 is 19.8 Å². The lowest BCUT2D eigenvalue weighted by Gasteiger charge is -2.09. The molecule has 2 aromatic carbocycles. The highest BCUT2D eigenvalue weighted by atomic mass is 16.4. The van der Waals surface area contributed by atoms with E-state index < -0.39 is 17.5 Å². The van der Waals surface area contributed by atoms with Crippen molar-refractivity contribution in [1.29, 1.82) is 5.26 Å². The van der Waals surface area contributed by atoms with Gasteiger partial charge in [0, 0.05) is 18.5 Å². The number of Topliss-reactive ketones (excluding diaryl/α,β-unsaturated/α-hetero) is 1. The zero-order valence-corrected chi connectivity index (χ0v) is 15.5. The Hall–Kier alpha value is -3.98. The third kappa shape index (κ3) is 4.85. The zero-order valence-electron chi connectivity index (χ0n) is 15.5.